The van der Waals surface area contributed by atoms with Gasteiger partial charge in [-0.2, -0.15) is 0 Å². The molecule has 2 saturated carbocycles. The molecule has 9 N–H and O–H groups in total. The number of rotatable bonds is 11. The van der Waals surface area contributed by atoms with Gasteiger partial charge in [0.1, 0.15) is 48.8 Å². The summed E-state index contributed by atoms with van der Waals surface area (Å²) in [6.07, 6.45) is -7.74. The number of fused-ring (bicyclic) bond motifs is 1. The van der Waals surface area contributed by atoms with Gasteiger partial charge in [-0.3, -0.25) is 0 Å². The van der Waals surface area contributed by atoms with E-state index in [1.54, 1.807) is 0 Å². The highest BCUT2D eigenvalue weighted by molar-refractivity contribution is 5.19. The smallest absolute Gasteiger partial charge is 0.187 e. The fourth-order valence-electron chi connectivity index (χ4n) is 8.41. The zero-order valence-electron chi connectivity index (χ0n) is 26.5. The van der Waals surface area contributed by atoms with Crippen LogP contribution in [-0.4, -0.2) is 140 Å². The van der Waals surface area contributed by atoms with Gasteiger partial charge in [-0.25, -0.2) is 0 Å². The molecule has 0 spiro atoms. The van der Waals surface area contributed by atoms with E-state index >= 15 is 0 Å². The van der Waals surface area contributed by atoms with Crippen molar-refractivity contribution in [2.45, 2.75) is 127 Å². The van der Waals surface area contributed by atoms with Gasteiger partial charge in [-0.1, -0.05) is 44.1 Å². The molecule has 45 heavy (non-hydrogen) atoms. The molecule has 4 aliphatic rings. The van der Waals surface area contributed by atoms with E-state index in [0.29, 0.717) is 6.42 Å². The summed E-state index contributed by atoms with van der Waals surface area (Å²) in [7, 11) is 0. The van der Waals surface area contributed by atoms with Crippen LogP contribution in [0.3, 0.4) is 0 Å². The summed E-state index contributed by atoms with van der Waals surface area (Å²) in [5.74, 6) is -0.0505. The number of allylic oxidation sites excluding steroid dienone is 1. The Bertz CT molecular complexity index is 1020. The minimum Gasteiger partial charge on any atom is -0.394 e. The molecule has 2 aliphatic carbocycles. The summed E-state index contributed by atoms with van der Waals surface area (Å²) in [4.78, 5) is 0. The van der Waals surface area contributed by atoms with Crippen molar-refractivity contribution >= 4 is 0 Å². The molecule has 4 fully saturated rings. The summed E-state index contributed by atoms with van der Waals surface area (Å²) in [5.41, 5.74) is 1.23. The van der Waals surface area contributed by atoms with E-state index in [4.69, 9.17) is 18.9 Å². The van der Waals surface area contributed by atoms with E-state index in [9.17, 15) is 46.0 Å². The van der Waals surface area contributed by atoms with Crippen molar-refractivity contribution in [3.8, 4) is 0 Å². The van der Waals surface area contributed by atoms with Gasteiger partial charge in [-0.15, -0.1) is 0 Å². The second-order valence-electron chi connectivity index (χ2n) is 14.1. The summed E-state index contributed by atoms with van der Waals surface area (Å²) in [5, 5.41) is 91.3. The van der Waals surface area contributed by atoms with Crippen molar-refractivity contribution < 1.29 is 64.9 Å². The van der Waals surface area contributed by atoms with E-state index in [1.807, 2.05) is 13.0 Å². The van der Waals surface area contributed by atoms with Gasteiger partial charge in [0.2, 0.25) is 0 Å². The summed E-state index contributed by atoms with van der Waals surface area (Å²) in [6, 6.07) is 0. The van der Waals surface area contributed by atoms with Crippen LogP contribution >= 0.6 is 0 Å². The lowest BCUT2D eigenvalue weighted by Gasteiger charge is -2.60. The lowest BCUT2D eigenvalue weighted by atomic mass is 9.46. The third-order valence-corrected chi connectivity index (χ3v) is 10.9. The van der Waals surface area contributed by atoms with E-state index in [-0.39, 0.29) is 30.5 Å². The van der Waals surface area contributed by atoms with E-state index in [1.165, 1.54) is 0 Å². The molecule has 15 atom stereocenters. The summed E-state index contributed by atoms with van der Waals surface area (Å²) in [6.45, 7) is 9.74. The maximum absolute atomic E-state index is 11.4. The Kier molecular flexibility index (Phi) is 12.3. The minimum atomic E-state index is -1.53. The van der Waals surface area contributed by atoms with Gasteiger partial charge in [-0.05, 0) is 61.7 Å². The van der Waals surface area contributed by atoms with Gasteiger partial charge in [0.25, 0.3) is 0 Å². The molecule has 0 amide bonds. The molecular formula is C32H54O13. The maximum atomic E-state index is 11.4. The molecule has 0 radical (unpaired) electrons. The first-order chi connectivity index (χ1) is 21.2. The zero-order valence-corrected chi connectivity index (χ0v) is 26.5. The Morgan fingerprint density at radius 2 is 1.40 bits per heavy atom. The minimum absolute atomic E-state index is 0.0894. The highest BCUT2D eigenvalue weighted by Crippen LogP contribution is 2.62. The second kappa shape index (κ2) is 15.0. The Balaban J connectivity index is 1.39. The first kappa shape index (κ1) is 36.8. The standard InChI is InChI=1S/C32H54O13/c1-16(8-11-42-29-26(40)24(38)22(36)20(13-33)44-29)6-7-18-17(2)12-19(35)28-31(3,9-5-10-32(18,28)4)15-43-30-27(41)25(39)23(37)21(14-34)45-30/h8,18-30,33-41H,2,5-7,9-15H2,1,3-4H3/b16-8+/t18-,19?,20+,21+,22+,23+,24-,25-,26+,27+,28-,29+,30+,31+,32+/m0/s1. The normalized spacial score (nSPS) is 47.9. The van der Waals surface area contributed by atoms with Gasteiger partial charge in [0.05, 0.1) is 32.5 Å². The Labute approximate surface area is 264 Å². The predicted octanol–water partition coefficient (Wildman–Crippen LogP) is -0.904. The van der Waals surface area contributed by atoms with Crippen LogP contribution in [0.1, 0.15) is 59.3 Å². The molecule has 1 unspecified atom stereocenters. The number of aliphatic hydroxyl groups is 9. The van der Waals surface area contributed by atoms with Gasteiger partial charge in [0.15, 0.2) is 12.6 Å². The SMILES string of the molecule is C=C1CC(O)[C@H]2[C@@](C)(CO[C@@H]3O[C@H](CO)[C@@H](O)[C@H](O)[C@H]3O)CCC[C@]2(C)[C@H]1CC/C(C)=C/CO[C@@H]1O[C@H](CO)[C@@H](O)[C@H](O)[C@H]1O. The van der Waals surface area contributed by atoms with E-state index in [0.717, 1.165) is 43.3 Å². The number of hydrogen-bond acceptors (Lipinski definition) is 13. The van der Waals surface area contributed by atoms with Crippen LogP contribution in [0.2, 0.25) is 0 Å². The average Bonchev–Trinajstić information content (AvgIpc) is 2.99. The van der Waals surface area contributed by atoms with Gasteiger partial charge in [0, 0.05) is 0 Å². The molecule has 260 valence electrons. The third kappa shape index (κ3) is 7.51. The van der Waals surface area contributed by atoms with Crippen LogP contribution in [0.15, 0.2) is 23.8 Å². The van der Waals surface area contributed by atoms with Crippen LogP contribution in [0, 0.1) is 22.7 Å². The highest BCUT2D eigenvalue weighted by Gasteiger charge is 2.58. The molecule has 2 aliphatic heterocycles. The maximum Gasteiger partial charge on any atom is 0.187 e. The lowest BCUT2D eigenvalue weighted by molar-refractivity contribution is -0.310. The molecule has 0 bridgehead atoms. The molecule has 0 aromatic rings. The lowest BCUT2D eigenvalue weighted by Crippen LogP contribution is -2.61. The van der Waals surface area contributed by atoms with E-state index in [2.05, 4.69) is 20.4 Å². The highest BCUT2D eigenvalue weighted by atomic mass is 16.7. The molecule has 13 heteroatoms. The average molecular weight is 647 g/mol. The van der Waals surface area contributed by atoms with Crippen LogP contribution in [-0.2, 0) is 18.9 Å². The topological polar surface area (TPSA) is 219 Å². The van der Waals surface area contributed by atoms with Gasteiger partial charge >= 0.3 is 0 Å². The van der Waals surface area contributed by atoms with Gasteiger partial charge < -0.3 is 64.9 Å². The second-order valence-corrected chi connectivity index (χ2v) is 14.1. The summed E-state index contributed by atoms with van der Waals surface area (Å²) >= 11 is 0. The number of hydrogen-bond donors (Lipinski definition) is 9. The quantitative estimate of drug-likeness (QED) is 0.124. The zero-order chi connectivity index (χ0) is 33.3. The van der Waals surface area contributed by atoms with Crippen molar-refractivity contribution in [1.29, 1.82) is 0 Å². The third-order valence-electron chi connectivity index (χ3n) is 10.9. The molecule has 0 aromatic heterocycles. The van der Waals surface area contributed by atoms with Crippen LogP contribution in [0.4, 0.5) is 0 Å². The predicted molar refractivity (Wildman–Crippen MR) is 159 cm³/mol. The molecular weight excluding hydrogens is 592 g/mol. The van der Waals surface area contributed by atoms with Crippen LogP contribution < -0.4 is 0 Å². The molecule has 4 rings (SSSR count). The fourth-order valence-corrected chi connectivity index (χ4v) is 8.41. The van der Waals surface area contributed by atoms with Crippen molar-refractivity contribution in [2.24, 2.45) is 22.7 Å². The Morgan fingerprint density at radius 3 is 1.96 bits per heavy atom. The largest absolute Gasteiger partial charge is 0.394 e. The van der Waals surface area contributed by atoms with Crippen molar-refractivity contribution in [2.75, 3.05) is 26.4 Å². The molecule has 2 saturated heterocycles. The number of ether oxygens (including phenoxy) is 4. The molecule has 13 nitrogen and oxygen atoms in total. The van der Waals surface area contributed by atoms with Crippen LogP contribution in [0.5, 0.6) is 0 Å². The first-order valence-electron chi connectivity index (χ1n) is 16.0. The number of aliphatic hydroxyl groups excluding tert-OH is 9. The molecule has 0 aromatic carbocycles. The van der Waals surface area contributed by atoms with Crippen molar-refractivity contribution in [3.63, 3.8) is 0 Å². The Hall–Kier alpha value is -1.04. The van der Waals surface area contributed by atoms with Crippen molar-refractivity contribution in [3.05, 3.63) is 23.8 Å². The Morgan fingerprint density at radius 1 is 0.844 bits per heavy atom. The summed E-state index contributed by atoms with van der Waals surface area (Å²) < 4.78 is 22.6. The van der Waals surface area contributed by atoms with Crippen LogP contribution in [0.25, 0.3) is 0 Å². The van der Waals surface area contributed by atoms with E-state index < -0.39 is 86.1 Å². The molecule has 2 heterocycles. The van der Waals surface area contributed by atoms with Crippen molar-refractivity contribution in [1.82, 2.24) is 0 Å². The monoisotopic (exact) mass is 646 g/mol. The first-order valence-corrected chi connectivity index (χ1v) is 16.0. The fraction of sp³-hybridized carbons (Fsp3) is 0.875.